The Morgan fingerprint density at radius 3 is 1.97 bits per heavy atom. The molecule has 3 aromatic carbocycles. The fourth-order valence-corrected chi connectivity index (χ4v) is 3.33. The van der Waals surface area contributed by atoms with E-state index in [1.165, 1.54) is 36.0 Å². The van der Waals surface area contributed by atoms with Crippen LogP contribution in [0.5, 0.6) is 0 Å². The van der Waals surface area contributed by atoms with Gasteiger partial charge in [-0.2, -0.15) is 0 Å². The Kier molecular flexibility index (Phi) is 7.18. The third kappa shape index (κ3) is 6.46. The summed E-state index contributed by atoms with van der Waals surface area (Å²) in [6.45, 7) is 0. The fourth-order valence-electron chi connectivity index (χ4n) is 2.63. The highest BCUT2D eigenvalue weighted by Crippen LogP contribution is 2.21. The minimum absolute atomic E-state index is 0.0293. The Hall–Kier alpha value is -3.65. The van der Waals surface area contributed by atoms with Crippen molar-refractivity contribution >= 4 is 40.6 Å². The quantitative estimate of drug-likeness (QED) is 0.317. The zero-order chi connectivity index (χ0) is 21.3. The average molecular weight is 421 g/mol. The second kappa shape index (κ2) is 10.2. The van der Waals surface area contributed by atoms with Gasteiger partial charge in [-0.15, -0.1) is 11.8 Å². The number of nitrogens with one attached hydrogen (secondary N) is 2. The van der Waals surface area contributed by atoms with E-state index in [4.69, 9.17) is 0 Å². The summed E-state index contributed by atoms with van der Waals surface area (Å²) in [5.41, 5.74) is 2.11. The molecule has 0 aliphatic carbocycles. The first kappa shape index (κ1) is 21.1. The molecule has 2 amide bonds. The largest absolute Gasteiger partial charge is 0.326 e. The molecule has 0 radical (unpaired) electrons. The molecular weight excluding hydrogens is 402 g/mol. The molecule has 0 saturated heterocycles. The monoisotopic (exact) mass is 421 g/mol. The SMILES string of the molecule is O=C(CSc1ccc(NC(=O)Cc2ccccc2)cc1)Nc1ccc([N+](=O)[O-])cc1. The van der Waals surface area contributed by atoms with Gasteiger partial charge in [-0.1, -0.05) is 30.3 Å². The van der Waals surface area contributed by atoms with Crippen molar-refractivity contribution < 1.29 is 14.5 Å². The lowest BCUT2D eigenvalue weighted by molar-refractivity contribution is -0.384. The van der Waals surface area contributed by atoms with Crippen LogP contribution in [0.3, 0.4) is 0 Å². The van der Waals surface area contributed by atoms with Crippen LogP contribution < -0.4 is 10.6 Å². The smallest absolute Gasteiger partial charge is 0.269 e. The summed E-state index contributed by atoms with van der Waals surface area (Å²) in [5, 5.41) is 16.2. The highest BCUT2D eigenvalue weighted by molar-refractivity contribution is 8.00. The van der Waals surface area contributed by atoms with Crippen LogP contribution in [-0.2, 0) is 16.0 Å². The Morgan fingerprint density at radius 2 is 1.37 bits per heavy atom. The topological polar surface area (TPSA) is 101 Å². The van der Waals surface area contributed by atoms with Crippen molar-refractivity contribution in [1.82, 2.24) is 0 Å². The highest BCUT2D eigenvalue weighted by Gasteiger charge is 2.08. The molecule has 8 heteroatoms. The maximum absolute atomic E-state index is 12.1. The molecule has 0 unspecified atom stereocenters. The summed E-state index contributed by atoms with van der Waals surface area (Å²) in [5.74, 6) is -0.116. The second-order valence-electron chi connectivity index (χ2n) is 6.38. The standard InChI is InChI=1S/C22H19N3O4S/c26-21(14-16-4-2-1-3-5-16)23-18-8-12-20(13-9-18)30-15-22(27)24-17-6-10-19(11-7-17)25(28)29/h1-13H,14-15H2,(H,23,26)(H,24,27). The van der Waals surface area contributed by atoms with E-state index in [0.717, 1.165) is 10.5 Å². The number of nitro groups is 1. The zero-order valence-electron chi connectivity index (χ0n) is 15.9. The van der Waals surface area contributed by atoms with Crippen LogP contribution in [-0.4, -0.2) is 22.5 Å². The first-order chi connectivity index (χ1) is 14.5. The van der Waals surface area contributed by atoms with Gasteiger partial charge in [-0.3, -0.25) is 19.7 Å². The molecule has 0 bridgehead atoms. The molecule has 152 valence electrons. The van der Waals surface area contributed by atoms with E-state index >= 15 is 0 Å². The minimum atomic E-state index is -0.491. The molecule has 0 atom stereocenters. The van der Waals surface area contributed by atoms with Crippen molar-refractivity contribution in [2.45, 2.75) is 11.3 Å². The summed E-state index contributed by atoms with van der Waals surface area (Å²) in [4.78, 5) is 35.2. The van der Waals surface area contributed by atoms with Crippen molar-refractivity contribution in [2.75, 3.05) is 16.4 Å². The van der Waals surface area contributed by atoms with Crippen molar-refractivity contribution in [3.05, 3.63) is 94.5 Å². The number of benzene rings is 3. The second-order valence-corrected chi connectivity index (χ2v) is 7.42. The Balaban J connectivity index is 1.45. The molecule has 0 spiro atoms. The van der Waals surface area contributed by atoms with E-state index < -0.39 is 4.92 Å². The van der Waals surface area contributed by atoms with Crippen LogP contribution in [0.4, 0.5) is 17.1 Å². The molecule has 0 heterocycles. The number of nitrogens with zero attached hydrogens (tertiary/aromatic N) is 1. The number of hydrogen-bond acceptors (Lipinski definition) is 5. The summed E-state index contributed by atoms with van der Waals surface area (Å²) in [6.07, 6.45) is 0.306. The van der Waals surface area contributed by atoms with Crippen molar-refractivity contribution in [2.24, 2.45) is 0 Å². The van der Waals surface area contributed by atoms with Gasteiger partial charge in [0.05, 0.1) is 17.1 Å². The molecule has 3 rings (SSSR count). The normalized spacial score (nSPS) is 10.3. The van der Waals surface area contributed by atoms with Crippen molar-refractivity contribution in [3.63, 3.8) is 0 Å². The van der Waals surface area contributed by atoms with Crippen molar-refractivity contribution in [3.8, 4) is 0 Å². The minimum Gasteiger partial charge on any atom is -0.326 e. The number of carbonyl (C=O) groups is 2. The molecule has 0 aromatic heterocycles. The van der Waals surface area contributed by atoms with E-state index in [0.29, 0.717) is 17.8 Å². The first-order valence-electron chi connectivity index (χ1n) is 9.10. The van der Waals surface area contributed by atoms with Gasteiger partial charge in [-0.25, -0.2) is 0 Å². The zero-order valence-corrected chi connectivity index (χ0v) is 16.7. The van der Waals surface area contributed by atoms with Gasteiger partial charge in [0.15, 0.2) is 0 Å². The van der Waals surface area contributed by atoms with Gasteiger partial charge in [0, 0.05) is 28.4 Å². The number of hydrogen-bond donors (Lipinski definition) is 2. The summed E-state index contributed by atoms with van der Waals surface area (Å²) >= 11 is 1.35. The van der Waals surface area contributed by atoms with Gasteiger partial charge in [-0.05, 0) is 42.0 Å². The Morgan fingerprint density at radius 1 is 0.800 bits per heavy atom. The predicted molar refractivity (Wildman–Crippen MR) is 118 cm³/mol. The number of non-ortho nitro benzene ring substituents is 1. The van der Waals surface area contributed by atoms with E-state index in [1.54, 1.807) is 12.1 Å². The van der Waals surface area contributed by atoms with Gasteiger partial charge in [0.2, 0.25) is 11.8 Å². The van der Waals surface area contributed by atoms with Crippen LogP contribution in [0.25, 0.3) is 0 Å². The molecule has 0 aliphatic heterocycles. The molecule has 30 heavy (non-hydrogen) atoms. The van der Waals surface area contributed by atoms with Crippen molar-refractivity contribution in [1.29, 1.82) is 0 Å². The first-order valence-corrected chi connectivity index (χ1v) is 10.1. The molecule has 0 aliphatic rings. The lowest BCUT2D eigenvalue weighted by Crippen LogP contribution is -2.14. The van der Waals surface area contributed by atoms with Gasteiger partial charge in [0.25, 0.3) is 5.69 Å². The van der Waals surface area contributed by atoms with Gasteiger partial charge < -0.3 is 10.6 Å². The van der Waals surface area contributed by atoms with Crippen LogP contribution in [0.2, 0.25) is 0 Å². The Labute approximate surface area is 177 Å². The predicted octanol–water partition coefficient (Wildman–Crippen LogP) is 4.51. The van der Waals surface area contributed by atoms with E-state index in [1.807, 2.05) is 42.5 Å². The average Bonchev–Trinajstić information content (AvgIpc) is 2.74. The maximum Gasteiger partial charge on any atom is 0.269 e. The van der Waals surface area contributed by atoms with Crippen LogP contribution in [0.1, 0.15) is 5.56 Å². The molecule has 0 saturated carbocycles. The third-order valence-electron chi connectivity index (χ3n) is 4.08. The number of thioether (sulfide) groups is 1. The maximum atomic E-state index is 12.1. The summed E-state index contributed by atoms with van der Waals surface area (Å²) in [7, 11) is 0. The number of anilines is 2. The fraction of sp³-hybridized carbons (Fsp3) is 0.0909. The third-order valence-corrected chi connectivity index (χ3v) is 5.09. The number of carbonyl (C=O) groups excluding carboxylic acids is 2. The Bertz CT molecular complexity index is 1020. The highest BCUT2D eigenvalue weighted by atomic mass is 32.2. The molecule has 3 aromatic rings. The van der Waals surface area contributed by atoms with E-state index in [-0.39, 0.29) is 23.3 Å². The number of amides is 2. The molecule has 7 nitrogen and oxygen atoms in total. The lowest BCUT2D eigenvalue weighted by Gasteiger charge is -2.07. The van der Waals surface area contributed by atoms with Gasteiger partial charge in [0.1, 0.15) is 0 Å². The molecule has 0 fully saturated rings. The lowest BCUT2D eigenvalue weighted by atomic mass is 10.1. The van der Waals surface area contributed by atoms with E-state index in [9.17, 15) is 19.7 Å². The van der Waals surface area contributed by atoms with Crippen LogP contribution in [0.15, 0.2) is 83.8 Å². The molecule has 2 N–H and O–H groups in total. The number of rotatable bonds is 8. The summed E-state index contributed by atoms with van der Waals surface area (Å²) in [6, 6.07) is 22.4. The number of nitro benzene ring substituents is 1. The summed E-state index contributed by atoms with van der Waals surface area (Å²) < 4.78 is 0. The van der Waals surface area contributed by atoms with Gasteiger partial charge >= 0.3 is 0 Å². The van der Waals surface area contributed by atoms with E-state index in [2.05, 4.69) is 10.6 Å². The molecular formula is C22H19N3O4S. The van der Waals surface area contributed by atoms with Crippen LogP contribution >= 0.6 is 11.8 Å². The van der Waals surface area contributed by atoms with Crippen LogP contribution in [0, 0.1) is 10.1 Å².